The van der Waals surface area contributed by atoms with Crippen LogP contribution >= 0.6 is 11.3 Å². The van der Waals surface area contributed by atoms with Crippen LogP contribution in [0.5, 0.6) is 10.9 Å². The Labute approximate surface area is 108 Å². The predicted octanol–water partition coefficient (Wildman–Crippen LogP) is 2.98. The summed E-state index contributed by atoms with van der Waals surface area (Å²) in [5.74, 6) is 0.708. The minimum Gasteiger partial charge on any atom is -0.431 e. The van der Waals surface area contributed by atoms with Crippen LogP contribution in [0.3, 0.4) is 0 Å². The SMILES string of the molecule is OCc1ccc(Oc2nc3ccncc3s2)cc1. The zero-order valence-corrected chi connectivity index (χ0v) is 10.2. The van der Waals surface area contributed by atoms with Crippen LogP contribution in [0.15, 0.2) is 42.7 Å². The van der Waals surface area contributed by atoms with E-state index in [1.54, 1.807) is 12.4 Å². The molecule has 0 fully saturated rings. The Kier molecular flexibility index (Phi) is 2.92. The van der Waals surface area contributed by atoms with Gasteiger partial charge in [0.2, 0.25) is 0 Å². The predicted molar refractivity (Wildman–Crippen MR) is 69.9 cm³/mol. The van der Waals surface area contributed by atoms with Crippen molar-refractivity contribution in [3.63, 3.8) is 0 Å². The van der Waals surface area contributed by atoms with E-state index >= 15 is 0 Å². The highest BCUT2D eigenvalue weighted by Gasteiger charge is 2.05. The van der Waals surface area contributed by atoms with Crippen LogP contribution in [0.25, 0.3) is 10.2 Å². The molecule has 18 heavy (non-hydrogen) atoms. The van der Waals surface area contributed by atoms with Crippen LogP contribution in [0.2, 0.25) is 0 Å². The minimum atomic E-state index is 0.0348. The summed E-state index contributed by atoms with van der Waals surface area (Å²) in [5, 5.41) is 9.55. The topological polar surface area (TPSA) is 55.2 Å². The van der Waals surface area contributed by atoms with Gasteiger partial charge < -0.3 is 9.84 Å². The molecule has 4 nitrogen and oxygen atoms in total. The van der Waals surface area contributed by atoms with Gasteiger partial charge >= 0.3 is 0 Å². The molecule has 0 aliphatic heterocycles. The molecule has 3 rings (SSSR count). The molecule has 2 aromatic heterocycles. The Bertz CT molecular complexity index is 631. The highest BCUT2D eigenvalue weighted by molar-refractivity contribution is 7.20. The number of thiazole rings is 1. The van der Waals surface area contributed by atoms with E-state index in [4.69, 9.17) is 9.84 Å². The molecule has 0 unspecified atom stereocenters. The van der Waals surface area contributed by atoms with Crippen molar-refractivity contribution in [3.05, 3.63) is 48.3 Å². The number of fused-ring (bicyclic) bond motifs is 1. The molecule has 3 aromatic rings. The van der Waals surface area contributed by atoms with Crippen LogP contribution in [-0.4, -0.2) is 15.1 Å². The standard InChI is InChI=1S/C13H10N2O2S/c16-8-9-1-3-10(4-2-9)17-13-15-11-5-6-14-7-12(11)18-13/h1-7,16H,8H2. The number of rotatable bonds is 3. The van der Waals surface area contributed by atoms with Gasteiger partial charge in [-0.2, -0.15) is 0 Å². The van der Waals surface area contributed by atoms with E-state index in [0.29, 0.717) is 10.9 Å². The van der Waals surface area contributed by atoms with E-state index in [1.165, 1.54) is 11.3 Å². The molecule has 2 heterocycles. The average Bonchev–Trinajstić information content (AvgIpc) is 2.82. The van der Waals surface area contributed by atoms with E-state index in [1.807, 2.05) is 30.3 Å². The summed E-state index contributed by atoms with van der Waals surface area (Å²) in [5.41, 5.74) is 1.74. The number of benzene rings is 1. The van der Waals surface area contributed by atoms with Crippen molar-refractivity contribution >= 4 is 21.6 Å². The minimum absolute atomic E-state index is 0.0348. The lowest BCUT2D eigenvalue weighted by Gasteiger charge is -2.01. The summed E-state index contributed by atoms with van der Waals surface area (Å²) >= 11 is 1.46. The molecule has 0 radical (unpaired) electrons. The maximum Gasteiger partial charge on any atom is 0.279 e. The number of nitrogens with zero attached hydrogens (tertiary/aromatic N) is 2. The summed E-state index contributed by atoms with van der Waals surface area (Å²) in [7, 11) is 0. The lowest BCUT2D eigenvalue weighted by molar-refractivity contribution is 0.281. The van der Waals surface area contributed by atoms with Gasteiger partial charge in [-0.25, -0.2) is 4.98 Å². The van der Waals surface area contributed by atoms with Gasteiger partial charge in [0.15, 0.2) is 0 Å². The summed E-state index contributed by atoms with van der Waals surface area (Å²) in [4.78, 5) is 8.40. The average molecular weight is 258 g/mol. The number of pyridine rings is 1. The first kappa shape index (κ1) is 11.1. The number of aliphatic hydroxyl groups excluding tert-OH is 1. The van der Waals surface area contributed by atoms with E-state index < -0.39 is 0 Å². The molecule has 0 atom stereocenters. The van der Waals surface area contributed by atoms with Crippen LogP contribution in [0.4, 0.5) is 0 Å². The van der Waals surface area contributed by atoms with Crippen molar-refractivity contribution in [1.82, 2.24) is 9.97 Å². The summed E-state index contributed by atoms with van der Waals surface area (Å²) in [6.07, 6.45) is 3.48. The first-order valence-corrected chi connectivity index (χ1v) is 6.25. The quantitative estimate of drug-likeness (QED) is 0.784. The number of ether oxygens (including phenoxy) is 1. The largest absolute Gasteiger partial charge is 0.431 e. The zero-order chi connectivity index (χ0) is 12.4. The lowest BCUT2D eigenvalue weighted by atomic mass is 10.2. The van der Waals surface area contributed by atoms with E-state index in [2.05, 4.69) is 9.97 Å². The highest BCUT2D eigenvalue weighted by Crippen LogP contribution is 2.30. The van der Waals surface area contributed by atoms with E-state index in [-0.39, 0.29) is 6.61 Å². The Morgan fingerprint density at radius 1 is 1.17 bits per heavy atom. The monoisotopic (exact) mass is 258 g/mol. The van der Waals surface area contributed by atoms with Gasteiger partial charge in [0.05, 0.1) is 16.8 Å². The highest BCUT2D eigenvalue weighted by atomic mass is 32.1. The van der Waals surface area contributed by atoms with Crippen LogP contribution in [0, 0.1) is 0 Å². The van der Waals surface area contributed by atoms with Crippen LogP contribution in [-0.2, 0) is 6.61 Å². The van der Waals surface area contributed by atoms with Gasteiger partial charge in [0.25, 0.3) is 5.19 Å². The maximum atomic E-state index is 8.96. The fourth-order valence-electron chi connectivity index (χ4n) is 1.57. The van der Waals surface area contributed by atoms with Gasteiger partial charge in [0, 0.05) is 12.4 Å². The smallest absolute Gasteiger partial charge is 0.279 e. The number of aliphatic hydroxyl groups is 1. The molecule has 1 N–H and O–H groups in total. The van der Waals surface area contributed by atoms with Crippen molar-refractivity contribution in [1.29, 1.82) is 0 Å². The molecule has 0 saturated carbocycles. The summed E-state index contributed by atoms with van der Waals surface area (Å²) in [6, 6.07) is 9.13. The Morgan fingerprint density at radius 2 is 2.00 bits per heavy atom. The third-order valence-electron chi connectivity index (χ3n) is 2.48. The van der Waals surface area contributed by atoms with Gasteiger partial charge in [-0.05, 0) is 23.8 Å². The molecule has 0 aliphatic rings. The molecule has 5 heteroatoms. The molecular weight excluding hydrogens is 248 g/mol. The second-order valence-corrected chi connectivity index (χ2v) is 4.72. The summed E-state index contributed by atoms with van der Waals surface area (Å²) in [6.45, 7) is 0.0348. The molecular formula is C13H10N2O2S. The fraction of sp³-hybridized carbons (Fsp3) is 0.0769. The Morgan fingerprint density at radius 3 is 2.72 bits per heavy atom. The lowest BCUT2D eigenvalue weighted by Crippen LogP contribution is -1.85. The molecule has 0 saturated heterocycles. The van der Waals surface area contributed by atoms with Crippen molar-refractivity contribution in [2.45, 2.75) is 6.61 Å². The van der Waals surface area contributed by atoms with Crippen molar-refractivity contribution in [2.24, 2.45) is 0 Å². The zero-order valence-electron chi connectivity index (χ0n) is 9.41. The molecule has 0 bridgehead atoms. The third-order valence-corrected chi connectivity index (χ3v) is 3.37. The molecule has 90 valence electrons. The van der Waals surface area contributed by atoms with Gasteiger partial charge in [-0.3, -0.25) is 4.98 Å². The van der Waals surface area contributed by atoms with Crippen molar-refractivity contribution in [2.75, 3.05) is 0 Å². The van der Waals surface area contributed by atoms with Gasteiger partial charge in [-0.1, -0.05) is 23.5 Å². The Balaban J connectivity index is 1.86. The molecule has 0 amide bonds. The molecule has 0 aliphatic carbocycles. The molecule has 0 spiro atoms. The second-order valence-electron chi connectivity index (χ2n) is 3.73. The van der Waals surface area contributed by atoms with Crippen molar-refractivity contribution < 1.29 is 9.84 Å². The van der Waals surface area contributed by atoms with E-state index in [0.717, 1.165) is 15.8 Å². The van der Waals surface area contributed by atoms with Gasteiger partial charge in [0.1, 0.15) is 5.75 Å². The van der Waals surface area contributed by atoms with E-state index in [9.17, 15) is 0 Å². The number of hydrogen-bond donors (Lipinski definition) is 1. The Hall–Kier alpha value is -1.98. The first-order chi connectivity index (χ1) is 8.85. The van der Waals surface area contributed by atoms with Crippen LogP contribution < -0.4 is 4.74 Å². The maximum absolute atomic E-state index is 8.96. The van der Waals surface area contributed by atoms with Crippen LogP contribution in [0.1, 0.15) is 5.56 Å². The number of hydrogen-bond acceptors (Lipinski definition) is 5. The fourth-order valence-corrected chi connectivity index (χ4v) is 2.37. The summed E-state index contributed by atoms with van der Waals surface area (Å²) < 4.78 is 6.66. The van der Waals surface area contributed by atoms with Crippen molar-refractivity contribution in [3.8, 4) is 10.9 Å². The second kappa shape index (κ2) is 4.72. The number of aromatic nitrogens is 2. The van der Waals surface area contributed by atoms with Gasteiger partial charge in [-0.15, -0.1) is 0 Å². The first-order valence-electron chi connectivity index (χ1n) is 5.43. The third kappa shape index (κ3) is 2.18. The normalized spacial score (nSPS) is 10.7. The molecule has 1 aromatic carbocycles.